The molecule has 2 amide bonds. The summed E-state index contributed by atoms with van der Waals surface area (Å²) in [7, 11) is 0. The zero-order valence-electron chi connectivity index (χ0n) is 15.9. The van der Waals surface area contributed by atoms with Gasteiger partial charge in [0.1, 0.15) is 0 Å². The van der Waals surface area contributed by atoms with Gasteiger partial charge in [0.05, 0.1) is 0 Å². The fourth-order valence-corrected chi connectivity index (χ4v) is 4.91. The standard InChI is InChI=1S/C22H22N2O4S/c25-20(6-4-16-2-1-11-29-16)24-9-7-22(8-10-24)13-17(22)21(26)23-15-3-5-18-19(12-15)28-14-27-18/h1-6,11-12,17H,7-10,13-14H2,(H,23,26). The molecule has 3 aliphatic rings. The van der Waals surface area contributed by atoms with E-state index in [1.807, 2.05) is 40.6 Å². The first-order valence-corrected chi connectivity index (χ1v) is 10.7. The number of hydrogen-bond acceptors (Lipinski definition) is 5. The highest BCUT2D eigenvalue weighted by Gasteiger charge is 2.58. The number of nitrogens with one attached hydrogen (secondary N) is 1. The topological polar surface area (TPSA) is 67.9 Å². The molecule has 1 N–H and O–H groups in total. The Bertz CT molecular complexity index is 961. The fourth-order valence-electron chi connectivity index (χ4n) is 4.29. The molecule has 6 nitrogen and oxygen atoms in total. The second-order valence-corrected chi connectivity index (χ2v) is 8.83. The quantitative estimate of drug-likeness (QED) is 0.780. The maximum absolute atomic E-state index is 12.7. The van der Waals surface area contributed by atoms with Crippen molar-refractivity contribution in [2.75, 3.05) is 25.2 Å². The van der Waals surface area contributed by atoms with Crippen molar-refractivity contribution in [3.8, 4) is 11.5 Å². The van der Waals surface area contributed by atoms with Crippen LogP contribution < -0.4 is 14.8 Å². The summed E-state index contributed by atoms with van der Waals surface area (Å²) in [6, 6.07) is 9.42. The number of hydrogen-bond donors (Lipinski definition) is 1. The molecular weight excluding hydrogens is 388 g/mol. The zero-order chi connectivity index (χ0) is 19.8. The Kier molecular flexibility index (Phi) is 4.54. The molecule has 7 heteroatoms. The third-order valence-corrected chi connectivity index (χ3v) is 6.99. The first-order chi connectivity index (χ1) is 14.1. The van der Waals surface area contributed by atoms with Crippen LogP contribution in [0.15, 0.2) is 41.8 Å². The number of likely N-dealkylation sites (tertiary alicyclic amines) is 1. The van der Waals surface area contributed by atoms with Crippen molar-refractivity contribution in [3.63, 3.8) is 0 Å². The van der Waals surface area contributed by atoms with Crippen molar-refractivity contribution in [1.29, 1.82) is 0 Å². The van der Waals surface area contributed by atoms with Gasteiger partial charge in [-0.25, -0.2) is 0 Å². The van der Waals surface area contributed by atoms with Crippen LogP contribution in [0.2, 0.25) is 0 Å². The second kappa shape index (κ2) is 7.22. The van der Waals surface area contributed by atoms with Crippen LogP contribution in [0.4, 0.5) is 5.69 Å². The number of ether oxygens (including phenoxy) is 2. The minimum atomic E-state index is 0.0202. The number of amides is 2. The summed E-state index contributed by atoms with van der Waals surface area (Å²) in [5.41, 5.74) is 0.780. The molecule has 0 bridgehead atoms. The Labute approximate surface area is 173 Å². The summed E-state index contributed by atoms with van der Waals surface area (Å²) >= 11 is 1.62. The predicted octanol–water partition coefficient (Wildman–Crippen LogP) is 3.76. The maximum atomic E-state index is 12.7. The highest BCUT2D eigenvalue weighted by Crippen LogP contribution is 2.59. The summed E-state index contributed by atoms with van der Waals surface area (Å²) < 4.78 is 10.7. The van der Waals surface area contributed by atoms with Crippen LogP contribution in [0.5, 0.6) is 11.5 Å². The van der Waals surface area contributed by atoms with Gasteiger partial charge in [-0.1, -0.05) is 6.07 Å². The highest BCUT2D eigenvalue weighted by atomic mass is 32.1. The Morgan fingerprint density at radius 3 is 2.79 bits per heavy atom. The average molecular weight is 410 g/mol. The van der Waals surface area contributed by atoms with E-state index < -0.39 is 0 Å². The van der Waals surface area contributed by atoms with E-state index in [0.29, 0.717) is 24.6 Å². The molecule has 3 heterocycles. The molecule has 1 aromatic carbocycles. The molecular formula is C22H22N2O4S. The van der Waals surface area contributed by atoms with Crippen LogP contribution in [0.25, 0.3) is 6.08 Å². The number of piperidine rings is 1. The minimum Gasteiger partial charge on any atom is -0.454 e. The van der Waals surface area contributed by atoms with Gasteiger partial charge >= 0.3 is 0 Å². The molecule has 1 saturated carbocycles. The normalized spacial score (nSPS) is 21.5. The third kappa shape index (κ3) is 3.62. The van der Waals surface area contributed by atoms with Crippen molar-refractivity contribution < 1.29 is 19.1 Å². The molecule has 2 fully saturated rings. The van der Waals surface area contributed by atoms with E-state index in [2.05, 4.69) is 5.32 Å². The van der Waals surface area contributed by atoms with Crippen LogP contribution in [-0.4, -0.2) is 36.6 Å². The number of benzene rings is 1. The number of anilines is 1. The van der Waals surface area contributed by atoms with E-state index in [0.717, 1.165) is 29.8 Å². The molecule has 1 unspecified atom stereocenters. The van der Waals surface area contributed by atoms with E-state index in [-0.39, 0.29) is 29.9 Å². The average Bonchev–Trinajstić information content (AvgIpc) is 3.09. The number of thiophene rings is 1. The molecule has 1 saturated heterocycles. The number of nitrogens with zero attached hydrogens (tertiary/aromatic N) is 1. The summed E-state index contributed by atoms with van der Waals surface area (Å²) in [6.07, 6.45) is 6.18. The van der Waals surface area contributed by atoms with Crippen LogP contribution in [0.3, 0.4) is 0 Å². The van der Waals surface area contributed by atoms with Crippen LogP contribution in [-0.2, 0) is 9.59 Å². The third-order valence-electron chi connectivity index (χ3n) is 6.15. The van der Waals surface area contributed by atoms with Gasteiger partial charge in [0.25, 0.3) is 0 Å². The highest BCUT2D eigenvalue weighted by molar-refractivity contribution is 7.10. The van der Waals surface area contributed by atoms with Crippen LogP contribution >= 0.6 is 11.3 Å². The lowest BCUT2D eigenvalue weighted by atomic mass is 9.90. The van der Waals surface area contributed by atoms with Crippen molar-refractivity contribution >= 4 is 34.9 Å². The van der Waals surface area contributed by atoms with Crippen molar-refractivity contribution in [2.24, 2.45) is 11.3 Å². The van der Waals surface area contributed by atoms with E-state index in [4.69, 9.17) is 9.47 Å². The van der Waals surface area contributed by atoms with Crippen LogP contribution in [0.1, 0.15) is 24.1 Å². The van der Waals surface area contributed by atoms with E-state index >= 15 is 0 Å². The first-order valence-electron chi connectivity index (χ1n) is 9.84. The summed E-state index contributed by atoms with van der Waals surface area (Å²) in [5, 5.41) is 5.01. The Morgan fingerprint density at radius 1 is 1.17 bits per heavy atom. The molecule has 29 heavy (non-hydrogen) atoms. The Morgan fingerprint density at radius 2 is 2.00 bits per heavy atom. The van der Waals surface area contributed by atoms with Crippen molar-refractivity contribution in [1.82, 2.24) is 4.90 Å². The van der Waals surface area contributed by atoms with Gasteiger partial charge in [-0.3, -0.25) is 9.59 Å². The Hall–Kier alpha value is -2.80. The summed E-state index contributed by atoms with van der Waals surface area (Å²) in [4.78, 5) is 28.1. The van der Waals surface area contributed by atoms with E-state index in [1.54, 1.807) is 23.5 Å². The lowest BCUT2D eigenvalue weighted by molar-refractivity contribution is -0.127. The largest absolute Gasteiger partial charge is 0.454 e. The number of carbonyl (C=O) groups excluding carboxylic acids is 2. The lowest BCUT2D eigenvalue weighted by Gasteiger charge is -2.32. The van der Waals surface area contributed by atoms with Crippen LogP contribution in [0, 0.1) is 11.3 Å². The number of fused-ring (bicyclic) bond motifs is 1. The minimum absolute atomic E-state index is 0.0202. The van der Waals surface area contributed by atoms with Crippen molar-refractivity contribution in [3.05, 3.63) is 46.7 Å². The van der Waals surface area contributed by atoms with Gasteiger partial charge in [0.15, 0.2) is 11.5 Å². The molecule has 150 valence electrons. The summed E-state index contributed by atoms with van der Waals surface area (Å²) in [6.45, 7) is 1.64. The van der Waals surface area contributed by atoms with E-state index in [9.17, 15) is 9.59 Å². The predicted molar refractivity (Wildman–Crippen MR) is 111 cm³/mol. The molecule has 1 aromatic heterocycles. The first kappa shape index (κ1) is 18.2. The molecule has 0 radical (unpaired) electrons. The molecule has 2 aromatic rings. The van der Waals surface area contributed by atoms with Gasteiger partial charge in [-0.2, -0.15) is 0 Å². The molecule has 2 aliphatic heterocycles. The number of rotatable bonds is 4. The summed E-state index contributed by atoms with van der Waals surface area (Å²) in [5.74, 6) is 1.50. The van der Waals surface area contributed by atoms with E-state index in [1.165, 1.54) is 0 Å². The zero-order valence-corrected chi connectivity index (χ0v) is 16.7. The van der Waals surface area contributed by atoms with Gasteiger partial charge in [-0.05, 0) is 54.3 Å². The van der Waals surface area contributed by atoms with Gasteiger partial charge in [-0.15, -0.1) is 11.3 Å². The van der Waals surface area contributed by atoms with Gasteiger partial charge in [0, 0.05) is 41.7 Å². The molecule has 1 atom stereocenters. The molecule has 1 aliphatic carbocycles. The Balaban J connectivity index is 1.14. The van der Waals surface area contributed by atoms with Gasteiger partial charge in [0.2, 0.25) is 18.6 Å². The monoisotopic (exact) mass is 410 g/mol. The molecule has 1 spiro atoms. The number of carbonyl (C=O) groups is 2. The fraction of sp³-hybridized carbons (Fsp3) is 0.364. The SMILES string of the molecule is O=C(Nc1ccc2c(c1)OCO2)C1CC12CCN(C(=O)C=Cc1cccs1)CC2. The molecule has 5 rings (SSSR count). The smallest absolute Gasteiger partial charge is 0.246 e. The maximum Gasteiger partial charge on any atom is 0.246 e. The van der Waals surface area contributed by atoms with Gasteiger partial charge < -0.3 is 19.7 Å². The second-order valence-electron chi connectivity index (χ2n) is 7.85. The van der Waals surface area contributed by atoms with Crippen molar-refractivity contribution in [2.45, 2.75) is 19.3 Å². The lowest BCUT2D eigenvalue weighted by Crippen LogP contribution is -2.39.